The molecule has 82 valence electrons. The Morgan fingerprint density at radius 1 is 1.00 bits per heavy atom. The molecule has 3 rings (SSSR count). The zero-order valence-corrected chi connectivity index (χ0v) is 8.83. The molecule has 4 nitrogen and oxygen atoms in total. The van der Waals surface area contributed by atoms with Crippen molar-refractivity contribution >= 4 is 11.1 Å². The lowest BCUT2D eigenvalue weighted by atomic mass is 10.2. The zero-order chi connectivity index (χ0) is 11.7. The Morgan fingerprint density at radius 2 is 1.88 bits per heavy atom. The van der Waals surface area contributed by atoms with E-state index in [9.17, 15) is 4.79 Å². The van der Waals surface area contributed by atoms with Crippen LogP contribution in [0.3, 0.4) is 0 Å². The molecule has 0 saturated heterocycles. The Kier molecular flexibility index (Phi) is 2.19. The molecule has 0 N–H and O–H groups in total. The molecule has 0 aliphatic heterocycles. The lowest BCUT2D eigenvalue weighted by molar-refractivity contribution is 0.603. The molecular formula is C13H8N2O2. The molecule has 0 aliphatic carbocycles. The summed E-state index contributed by atoms with van der Waals surface area (Å²) in [6, 6.07) is 10.3. The highest BCUT2D eigenvalue weighted by atomic mass is 16.3. The van der Waals surface area contributed by atoms with E-state index in [0.717, 1.165) is 0 Å². The Hall–Kier alpha value is -2.49. The Morgan fingerprint density at radius 3 is 2.71 bits per heavy atom. The summed E-state index contributed by atoms with van der Waals surface area (Å²) in [6.07, 6.45) is 3.24. The van der Waals surface area contributed by atoms with Crippen LogP contribution in [-0.2, 0) is 0 Å². The zero-order valence-electron chi connectivity index (χ0n) is 8.83. The van der Waals surface area contributed by atoms with E-state index >= 15 is 0 Å². The number of hydrogen-bond acceptors (Lipinski definition) is 4. The molecular weight excluding hydrogens is 216 g/mol. The van der Waals surface area contributed by atoms with Crippen molar-refractivity contribution in [2.24, 2.45) is 0 Å². The first-order valence-corrected chi connectivity index (χ1v) is 5.15. The second-order valence-corrected chi connectivity index (χ2v) is 3.55. The van der Waals surface area contributed by atoms with Gasteiger partial charge < -0.3 is 4.42 Å². The third kappa shape index (κ3) is 1.69. The number of hydrogen-bond donors (Lipinski definition) is 0. The van der Waals surface area contributed by atoms with Crippen molar-refractivity contribution in [1.82, 2.24) is 9.97 Å². The van der Waals surface area contributed by atoms with Crippen LogP contribution in [0.4, 0.5) is 0 Å². The molecule has 17 heavy (non-hydrogen) atoms. The monoisotopic (exact) mass is 224 g/mol. The summed E-state index contributed by atoms with van der Waals surface area (Å²) >= 11 is 0. The normalized spacial score (nSPS) is 10.6. The molecule has 0 aromatic carbocycles. The van der Waals surface area contributed by atoms with E-state index in [1.54, 1.807) is 36.7 Å². The average molecular weight is 224 g/mol. The third-order valence-electron chi connectivity index (χ3n) is 2.42. The van der Waals surface area contributed by atoms with Crippen molar-refractivity contribution in [3.8, 4) is 11.5 Å². The third-order valence-corrected chi connectivity index (χ3v) is 2.42. The van der Waals surface area contributed by atoms with Gasteiger partial charge in [-0.1, -0.05) is 6.07 Å². The van der Waals surface area contributed by atoms with Gasteiger partial charge in [0.1, 0.15) is 5.69 Å². The molecule has 0 spiro atoms. The molecule has 3 heterocycles. The van der Waals surface area contributed by atoms with Crippen LogP contribution in [0.15, 0.2) is 58.0 Å². The van der Waals surface area contributed by atoms with E-state index in [0.29, 0.717) is 22.6 Å². The minimum Gasteiger partial charge on any atom is -0.436 e. The molecule has 3 aromatic rings. The van der Waals surface area contributed by atoms with Crippen LogP contribution in [0.1, 0.15) is 0 Å². The minimum absolute atomic E-state index is 0.111. The first-order valence-electron chi connectivity index (χ1n) is 5.15. The second-order valence-electron chi connectivity index (χ2n) is 3.55. The summed E-state index contributed by atoms with van der Waals surface area (Å²) < 4.78 is 5.56. The lowest BCUT2D eigenvalue weighted by Crippen LogP contribution is -2.01. The summed E-state index contributed by atoms with van der Waals surface area (Å²) in [5.74, 6) is 0.432. The lowest BCUT2D eigenvalue weighted by Gasteiger charge is -2.00. The van der Waals surface area contributed by atoms with Gasteiger partial charge in [-0.3, -0.25) is 9.78 Å². The van der Waals surface area contributed by atoms with Crippen LogP contribution in [-0.4, -0.2) is 9.97 Å². The van der Waals surface area contributed by atoms with Gasteiger partial charge in [0.25, 0.3) is 0 Å². The maximum Gasteiger partial charge on any atom is 0.230 e. The number of fused-ring (bicyclic) bond motifs is 1. The number of aromatic nitrogens is 2. The summed E-state index contributed by atoms with van der Waals surface area (Å²) in [4.78, 5) is 20.0. The van der Waals surface area contributed by atoms with Crippen LogP contribution >= 0.6 is 0 Å². The van der Waals surface area contributed by atoms with E-state index in [1.165, 1.54) is 6.07 Å². The molecule has 0 atom stereocenters. The van der Waals surface area contributed by atoms with Gasteiger partial charge in [0.15, 0.2) is 11.2 Å². The Labute approximate surface area is 96.6 Å². The van der Waals surface area contributed by atoms with Gasteiger partial charge in [-0.2, -0.15) is 0 Å². The highest BCUT2D eigenvalue weighted by molar-refractivity contribution is 5.74. The standard InChI is InChI=1S/C13H8N2O2/c16-11-8-12(10-5-1-2-6-14-10)17-13-9(11)4-3-7-15-13/h1-8H. The van der Waals surface area contributed by atoms with Crippen molar-refractivity contribution in [1.29, 1.82) is 0 Å². The molecule has 0 amide bonds. The smallest absolute Gasteiger partial charge is 0.230 e. The summed E-state index contributed by atoms with van der Waals surface area (Å²) in [5.41, 5.74) is 0.845. The van der Waals surface area contributed by atoms with Gasteiger partial charge >= 0.3 is 0 Å². The van der Waals surface area contributed by atoms with Crippen LogP contribution in [0, 0.1) is 0 Å². The predicted molar refractivity (Wildman–Crippen MR) is 63.5 cm³/mol. The van der Waals surface area contributed by atoms with Crippen LogP contribution < -0.4 is 5.43 Å². The Balaban J connectivity index is 2.30. The van der Waals surface area contributed by atoms with E-state index < -0.39 is 0 Å². The Bertz CT molecular complexity index is 720. The second kappa shape index (κ2) is 3.83. The van der Waals surface area contributed by atoms with Crippen molar-refractivity contribution in [2.45, 2.75) is 0 Å². The number of pyridine rings is 2. The highest BCUT2D eigenvalue weighted by Crippen LogP contribution is 2.18. The summed E-state index contributed by atoms with van der Waals surface area (Å²) in [5, 5.41) is 0.479. The number of rotatable bonds is 1. The van der Waals surface area contributed by atoms with E-state index in [4.69, 9.17) is 4.42 Å². The molecule has 0 aliphatic rings. The molecule has 0 saturated carbocycles. The molecule has 0 radical (unpaired) electrons. The predicted octanol–water partition coefficient (Wildman–Crippen LogP) is 2.25. The first kappa shape index (κ1) is 9.72. The van der Waals surface area contributed by atoms with Gasteiger partial charge in [0.2, 0.25) is 5.71 Å². The van der Waals surface area contributed by atoms with Crippen molar-refractivity contribution < 1.29 is 4.42 Å². The maximum atomic E-state index is 11.8. The first-order chi connectivity index (χ1) is 8.34. The van der Waals surface area contributed by atoms with E-state index in [-0.39, 0.29) is 5.43 Å². The molecule has 0 unspecified atom stereocenters. The van der Waals surface area contributed by atoms with Gasteiger partial charge in [-0.25, -0.2) is 4.98 Å². The van der Waals surface area contributed by atoms with Crippen LogP contribution in [0.5, 0.6) is 0 Å². The van der Waals surface area contributed by atoms with E-state index in [2.05, 4.69) is 9.97 Å². The van der Waals surface area contributed by atoms with Gasteiger partial charge in [-0.05, 0) is 24.3 Å². The minimum atomic E-state index is -0.111. The maximum absolute atomic E-state index is 11.8. The SMILES string of the molecule is O=c1cc(-c2ccccn2)oc2ncccc12. The fraction of sp³-hybridized carbons (Fsp3) is 0. The fourth-order valence-corrected chi connectivity index (χ4v) is 1.62. The molecule has 0 fully saturated rings. The van der Waals surface area contributed by atoms with Gasteiger partial charge in [-0.15, -0.1) is 0 Å². The van der Waals surface area contributed by atoms with Crippen molar-refractivity contribution in [3.05, 3.63) is 59.0 Å². The molecule has 3 aromatic heterocycles. The molecule has 4 heteroatoms. The highest BCUT2D eigenvalue weighted by Gasteiger charge is 2.07. The van der Waals surface area contributed by atoms with Gasteiger partial charge in [0.05, 0.1) is 5.39 Å². The van der Waals surface area contributed by atoms with Crippen LogP contribution in [0.2, 0.25) is 0 Å². The summed E-state index contributed by atoms with van der Waals surface area (Å²) in [6.45, 7) is 0. The van der Waals surface area contributed by atoms with Crippen LogP contribution in [0.25, 0.3) is 22.6 Å². The van der Waals surface area contributed by atoms with Gasteiger partial charge in [0, 0.05) is 18.5 Å². The average Bonchev–Trinajstić information content (AvgIpc) is 2.40. The van der Waals surface area contributed by atoms with Crippen molar-refractivity contribution in [2.75, 3.05) is 0 Å². The summed E-state index contributed by atoms with van der Waals surface area (Å²) in [7, 11) is 0. The largest absolute Gasteiger partial charge is 0.436 e. The molecule has 0 bridgehead atoms. The quantitative estimate of drug-likeness (QED) is 0.636. The number of nitrogens with zero attached hydrogens (tertiary/aromatic N) is 2. The fourth-order valence-electron chi connectivity index (χ4n) is 1.62. The van der Waals surface area contributed by atoms with Crippen molar-refractivity contribution in [3.63, 3.8) is 0 Å². The topological polar surface area (TPSA) is 56.0 Å². The van der Waals surface area contributed by atoms with E-state index in [1.807, 2.05) is 6.07 Å².